The van der Waals surface area contributed by atoms with Crippen molar-refractivity contribution < 1.29 is 9.59 Å². The van der Waals surface area contributed by atoms with Crippen molar-refractivity contribution in [2.24, 2.45) is 5.92 Å². The van der Waals surface area contributed by atoms with Gasteiger partial charge in [-0.15, -0.1) is 0 Å². The van der Waals surface area contributed by atoms with Gasteiger partial charge >= 0.3 is 0 Å². The van der Waals surface area contributed by atoms with Crippen LogP contribution in [0, 0.1) is 5.92 Å². The van der Waals surface area contributed by atoms with E-state index in [9.17, 15) is 14.4 Å². The Morgan fingerprint density at radius 3 is 2.46 bits per heavy atom. The number of carbonyl (C=O) groups is 2. The average molecular weight is 543 g/mol. The van der Waals surface area contributed by atoms with Gasteiger partial charge in [0.25, 0.3) is 11.5 Å². The van der Waals surface area contributed by atoms with Crippen LogP contribution in [0.15, 0.2) is 102 Å². The van der Waals surface area contributed by atoms with Gasteiger partial charge in [0, 0.05) is 17.3 Å². The van der Waals surface area contributed by atoms with Gasteiger partial charge in [-0.2, -0.15) is 0 Å². The van der Waals surface area contributed by atoms with Crippen LogP contribution in [0.25, 0.3) is 27.4 Å². The van der Waals surface area contributed by atoms with E-state index in [1.807, 2.05) is 77.7 Å². The van der Waals surface area contributed by atoms with E-state index in [0.29, 0.717) is 34.5 Å². The van der Waals surface area contributed by atoms with Crippen molar-refractivity contribution in [2.75, 3.05) is 5.32 Å². The van der Waals surface area contributed by atoms with E-state index in [4.69, 9.17) is 0 Å². The van der Waals surface area contributed by atoms with Crippen LogP contribution in [0.1, 0.15) is 42.5 Å². The SMILES string of the molecule is O=C(Nc1ccc2ncn(-c3ccccc3)c(=O)c2c1)[C@@H]1C[C@@H]2CCCC[C@@H]2N1C(=O)c1ccc2ccccc2c1. The highest BCUT2D eigenvalue weighted by Crippen LogP contribution is 2.41. The van der Waals surface area contributed by atoms with E-state index in [0.717, 1.165) is 42.1 Å². The lowest BCUT2D eigenvalue weighted by Crippen LogP contribution is -2.47. The predicted octanol–water partition coefficient (Wildman–Crippen LogP) is 5.95. The molecule has 7 rings (SSSR count). The number of nitrogens with one attached hydrogen (secondary N) is 1. The highest BCUT2D eigenvalue weighted by Gasteiger charge is 2.47. The van der Waals surface area contributed by atoms with Crippen LogP contribution in [-0.4, -0.2) is 38.3 Å². The van der Waals surface area contributed by atoms with E-state index >= 15 is 0 Å². The van der Waals surface area contributed by atoms with Gasteiger partial charge in [0.1, 0.15) is 12.4 Å². The van der Waals surface area contributed by atoms with E-state index in [2.05, 4.69) is 10.3 Å². The minimum absolute atomic E-state index is 0.0531. The lowest BCUT2D eigenvalue weighted by atomic mass is 9.84. The van der Waals surface area contributed by atoms with Crippen LogP contribution in [0.2, 0.25) is 0 Å². The van der Waals surface area contributed by atoms with Crippen molar-refractivity contribution in [3.63, 3.8) is 0 Å². The summed E-state index contributed by atoms with van der Waals surface area (Å²) in [6.07, 6.45) is 6.28. The third kappa shape index (κ3) is 4.57. The second-order valence-corrected chi connectivity index (χ2v) is 11.1. The molecule has 3 atom stereocenters. The van der Waals surface area contributed by atoms with Crippen molar-refractivity contribution >= 4 is 39.2 Å². The fraction of sp³-hybridized carbons (Fsp3) is 0.235. The molecule has 0 spiro atoms. The third-order valence-electron chi connectivity index (χ3n) is 8.68. The third-order valence-corrected chi connectivity index (χ3v) is 8.68. The monoisotopic (exact) mass is 542 g/mol. The molecule has 7 nitrogen and oxygen atoms in total. The Kier molecular flexibility index (Phi) is 6.34. The normalized spacial score (nSPS) is 20.2. The zero-order valence-electron chi connectivity index (χ0n) is 22.6. The molecule has 2 heterocycles. The van der Waals surface area contributed by atoms with Gasteiger partial charge in [-0.1, -0.05) is 61.4 Å². The predicted molar refractivity (Wildman–Crippen MR) is 160 cm³/mol. The molecule has 4 aromatic carbocycles. The molecule has 7 heteroatoms. The number of aromatic nitrogens is 2. The second-order valence-electron chi connectivity index (χ2n) is 11.1. The fourth-order valence-electron chi connectivity index (χ4n) is 6.66. The molecule has 2 fully saturated rings. The van der Waals surface area contributed by atoms with E-state index in [1.54, 1.807) is 18.2 Å². The number of likely N-dealkylation sites (tertiary alicyclic amines) is 1. The molecule has 1 saturated carbocycles. The molecule has 5 aromatic rings. The van der Waals surface area contributed by atoms with Crippen LogP contribution in [0.5, 0.6) is 0 Å². The summed E-state index contributed by atoms with van der Waals surface area (Å²) < 4.78 is 1.50. The lowest BCUT2D eigenvalue weighted by molar-refractivity contribution is -0.120. The first-order chi connectivity index (χ1) is 20.1. The number of para-hydroxylation sites is 1. The Balaban J connectivity index is 1.20. The fourth-order valence-corrected chi connectivity index (χ4v) is 6.66. The average Bonchev–Trinajstić information content (AvgIpc) is 3.41. The summed E-state index contributed by atoms with van der Waals surface area (Å²) in [5.74, 6) is -0.0123. The van der Waals surface area contributed by atoms with Crippen molar-refractivity contribution in [3.05, 3.63) is 113 Å². The van der Waals surface area contributed by atoms with Crippen LogP contribution in [0.3, 0.4) is 0 Å². The molecule has 0 bridgehead atoms. The Hall–Kier alpha value is -4.78. The second kappa shape index (κ2) is 10.3. The lowest BCUT2D eigenvalue weighted by Gasteiger charge is -2.33. The molecule has 2 amide bonds. The minimum atomic E-state index is -0.576. The van der Waals surface area contributed by atoms with Gasteiger partial charge in [-0.25, -0.2) is 4.98 Å². The number of carbonyl (C=O) groups excluding carboxylic acids is 2. The number of anilines is 1. The standard InChI is InChI=1S/C34H30N4O3/c39-32(36-26-16-17-29-28(20-26)34(41)37(21-35-29)27-11-2-1-3-12-27)31-19-24-10-6-7-13-30(24)38(31)33(40)25-15-14-22-8-4-5-9-23(22)18-25/h1-5,8-9,11-12,14-18,20-21,24,30-31H,6-7,10,13,19H2,(H,36,39)/t24-,30-,31-/m0/s1. The zero-order chi connectivity index (χ0) is 27.9. The van der Waals surface area contributed by atoms with Crippen molar-refractivity contribution in [3.8, 4) is 5.69 Å². The summed E-state index contributed by atoms with van der Waals surface area (Å²) in [5.41, 5.74) is 2.18. The molecule has 1 aromatic heterocycles. The summed E-state index contributed by atoms with van der Waals surface area (Å²) in [7, 11) is 0. The maximum absolute atomic E-state index is 14.0. The summed E-state index contributed by atoms with van der Waals surface area (Å²) in [4.78, 5) is 47.5. The van der Waals surface area contributed by atoms with E-state index < -0.39 is 6.04 Å². The first kappa shape index (κ1) is 25.2. The first-order valence-electron chi connectivity index (χ1n) is 14.3. The topological polar surface area (TPSA) is 84.3 Å². The largest absolute Gasteiger partial charge is 0.324 e. The van der Waals surface area contributed by atoms with Crippen LogP contribution < -0.4 is 10.9 Å². The van der Waals surface area contributed by atoms with Gasteiger partial charge < -0.3 is 10.2 Å². The maximum atomic E-state index is 14.0. The van der Waals surface area contributed by atoms with Gasteiger partial charge in [0.05, 0.1) is 16.6 Å². The highest BCUT2D eigenvalue weighted by atomic mass is 16.2. The van der Waals surface area contributed by atoms with Gasteiger partial charge in [0.15, 0.2) is 0 Å². The Morgan fingerprint density at radius 2 is 1.61 bits per heavy atom. The number of nitrogens with zero attached hydrogens (tertiary/aromatic N) is 3. The zero-order valence-corrected chi connectivity index (χ0v) is 22.6. The number of rotatable bonds is 4. The first-order valence-corrected chi connectivity index (χ1v) is 14.3. The Labute approximate surface area is 237 Å². The maximum Gasteiger partial charge on any atom is 0.265 e. The van der Waals surface area contributed by atoms with Gasteiger partial charge in [0.2, 0.25) is 5.91 Å². The quantitative estimate of drug-likeness (QED) is 0.304. The molecule has 1 aliphatic carbocycles. The van der Waals surface area contributed by atoms with Crippen molar-refractivity contribution in [1.29, 1.82) is 0 Å². The van der Waals surface area contributed by atoms with E-state index in [1.165, 1.54) is 10.9 Å². The smallest absolute Gasteiger partial charge is 0.265 e. The Morgan fingerprint density at radius 1 is 0.829 bits per heavy atom. The molecule has 2 aliphatic rings. The van der Waals surface area contributed by atoms with Crippen molar-refractivity contribution in [1.82, 2.24) is 14.5 Å². The number of fused-ring (bicyclic) bond motifs is 3. The molecule has 1 N–H and O–H groups in total. The summed E-state index contributed by atoms with van der Waals surface area (Å²) >= 11 is 0. The molecule has 1 aliphatic heterocycles. The number of hydrogen-bond donors (Lipinski definition) is 1. The molecule has 204 valence electrons. The highest BCUT2D eigenvalue weighted by molar-refractivity contribution is 6.04. The van der Waals surface area contributed by atoms with Crippen LogP contribution in [-0.2, 0) is 4.79 Å². The van der Waals surface area contributed by atoms with Crippen LogP contribution in [0.4, 0.5) is 5.69 Å². The van der Waals surface area contributed by atoms with Gasteiger partial charge in [-0.3, -0.25) is 19.0 Å². The molecular weight excluding hydrogens is 512 g/mol. The molecular formula is C34H30N4O3. The number of benzene rings is 4. The van der Waals surface area contributed by atoms with E-state index in [-0.39, 0.29) is 23.4 Å². The molecule has 41 heavy (non-hydrogen) atoms. The minimum Gasteiger partial charge on any atom is -0.324 e. The Bertz CT molecular complexity index is 1850. The number of hydrogen-bond acceptors (Lipinski definition) is 4. The van der Waals surface area contributed by atoms with Crippen LogP contribution >= 0.6 is 0 Å². The molecule has 0 radical (unpaired) electrons. The van der Waals surface area contributed by atoms with Gasteiger partial charge in [-0.05, 0) is 78.4 Å². The summed E-state index contributed by atoms with van der Waals surface area (Å²) in [6, 6.07) is 27.7. The summed E-state index contributed by atoms with van der Waals surface area (Å²) in [5, 5.41) is 5.53. The molecule has 0 unspecified atom stereocenters. The summed E-state index contributed by atoms with van der Waals surface area (Å²) in [6.45, 7) is 0. The number of amides is 2. The van der Waals surface area contributed by atoms with Crippen molar-refractivity contribution in [2.45, 2.75) is 44.2 Å². The molecule has 1 saturated heterocycles.